The number of rotatable bonds is 4. The molecule has 1 aliphatic heterocycles. The summed E-state index contributed by atoms with van der Waals surface area (Å²) in [6.07, 6.45) is 1.64. The van der Waals surface area contributed by atoms with Crippen molar-refractivity contribution in [3.63, 3.8) is 0 Å². The molecule has 5 nitrogen and oxygen atoms in total. The van der Waals surface area contributed by atoms with Gasteiger partial charge in [0.15, 0.2) is 0 Å². The van der Waals surface area contributed by atoms with Crippen molar-refractivity contribution in [1.82, 2.24) is 9.88 Å². The largest absolute Gasteiger partial charge is 0.378 e. The normalized spacial score (nSPS) is 14.6. The second-order valence-electron chi connectivity index (χ2n) is 5.64. The minimum atomic E-state index is -0.0668. The highest BCUT2D eigenvalue weighted by atomic mass is 16.5. The zero-order valence-corrected chi connectivity index (χ0v) is 13.3. The standard InChI is InChI=1S/C18H21N3O2/c1-20(18(22)17-4-2-3-9-19-17)14-15-5-7-16(8-6-15)21-10-12-23-13-11-21/h2-9H,10-14H2,1H3. The molecule has 0 radical (unpaired) electrons. The van der Waals surface area contributed by atoms with Crippen LogP contribution in [0.5, 0.6) is 0 Å². The highest BCUT2D eigenvalue weighted by Gasteiger charge is 2.14. The molecule has 0 aliphatic carbocycles. The minimum absolute atomic E-state index is 0.0668. The number of carbonyl (C=O) groups excluding carboxylic acids is 1. The van der Waals surface area contributed by atoms with Gasteiger partial charge in [-0.05, 0) is 29.8 Å². The second-order valence-corrected chi connectivity index (χ2v) is 5.64. The average Bonchev–Trinajstić information content (AvgIpc) is 2.63. The van der Waals surface area contributed by atoms with E-state index in [0.29, 0.717) is 12.2 Å². The van der Waals surface area contributed by atoms with Crippen LogP contribution in [0.4, 0.5) is 5.69 Å². The summed E-state index contributed by atoms with van der Waals surface area (Å²) in [4.78, 5) is 20.4. The number of amides is 1. The molecule has 1 aliphatic rings. The summed E-state index contributed by atoms with van der Waals surface area (Å²) in [7, 11) is 1.80. The van der Waals surface area contributed by atoms with E-state index in [1.807, 2.05) is 6.07 Å². The van der Waals surface area contributed by atoms with Crippen molar-refractivity contribution in [3.05, 3.63) is 59.9 Å². The van der Waals surface area contributed by atoms with Gasteiger partial charge in [-0.2, -0.15) is 0 Å². The van der Waals surface area contributed by atoms with Crippen molar-refractivity contribution in [3.8, 4) is 0 Å². The fourth-order valence-electron chi connectivity index (χ4n) is 2.66. The van der Waals surface area contributed by atoms with Gasteiger partial charge in [-0.3, -0.25) is 9.78 Å². The van der Waals surface area contributed by atoms with E-state index in [4.69, 9.17) is 4.74 Å². The molecule has 1 fully saturated rings. The molecule has 5 heteroatoms. The van der Waals surface area contributed by atoms with Gasteiger partial charge in [-0.1, -0.05) is 18.2 Å². The van der Waals surface area contributed by atoms with Gasteiger partial charge in [0.1, 0.15) is 5.69 Å². The molecule has 3 rings (SSSR count). The first-order chi connectivity index (χ1) is 11.2. The van der Waals surface area contributed by atoms with Crippen LogP contribution in [-0.4, -0.2) is 49.1 Å². The SMILES string of the molecule is CN(Cc1ccc(N2CCOCC2)cc1)C(=O)c1ccccn1. The predicted octanol–water partition coefficient (Wildman–Crippen LogP) is 2.19. The summed E-state index contributed by atoms with van der Waals surface area (Å²) in [6.45, 7) is 3.99. The van der Waals surface area contributed by atoms with Crippen LogP contribution in [0.25, 0.3) is 0 Å². The molecular formula is C18H21N3O2. The van der Waals surface area contributed by atoms with Crippen LogP contribution in [0.15, 0.2) is 48.7 Å². The Bertz CT molecular complexity index is 637. The quantitative estimate of drug-likeness (QED) is 0.868. The van der Waals surface area contributed by atoms with E-state index in [1.165, 1.54) is 5.69 Å². The first-order valence-electron chi connectivity index (χ1n) is 7.82. The van der Waals surface area contributed by atoms with Crippen molar-refractivity contribution in [2.75, 3.05) is 38.3 Å². The van der Waals surface area contributed by atoms with Crippen LogP contribution in [0.1, 0.15) is 16.1 Å². The third-order valence-corrected chi connectivity index (χ3v) is 3.96. The Balaban J connectivity index is 1.62. The Hall–Kier alpha value is -2.40. The number of benzene rings is 1. The van der Waals surface area contributed by atoms with Gasteiger partial charge >= 0.3 is 0 Å². The topological polar surface area (TPSA) is 45.7 Å². The molecule has 1 saturated heterocycles. The van der Waals surface area contributed by atoms with Gasteiger partial charge in [-0.15, -0.1) is 0 Å². The molecule has 1 aromatic heterocycles. The summed E-state index contributed by atoms with van der Waals surface area (Å²) in [5.41, 5.74) is 2.78. The molecule has 23 heavy (non-hydrogen) atoms. The smallest absolute Gasteiger partial charge is 0.272 e. The van der Waals surface area contributed by atoms with Crippen molar-refractivity contribution in [2.24, 2.45) is 0 Å². The first-order valence-corrected chi connectivity index (χ1v) is 7.82. The fraction of sp³-hybridized carbons (Fsp3) is 0.333. The molecule has 0 atom stereocenters. The van der Waals surface area contributed by atoms with E-state index in [0.717, 1.165) is 31.9 Å². The van der Waals surface area contributed by atoms with E-state index < -0.39 is 0 Å². The van der Waals surface area contributed by atoms with Crippen LogP contribution in [-0.2, 0) is 11.3 Å². The monoisotopic (exact) mass is 311 g/mol. The van der Waals surface area contributed by atoms with E-state index in [9.17, 15) is 4.79 Å². The molecule has 1 aromatic carbocycles. The van der Waals surface area contributed by atoms with E-state index in [-0.39, 0.29) is 5.91 Å². The molecule has 0 saturated carbocycles. The molecule has 2 heterocycles. The Kier molecular flexibility index (Phi) is 4.88. The molecule has 0 bridgehead atoms. The summed E-state index contributed by atoms with van der Waals surface area (Å²) >= 11 is 0. The predicted molar refractivity (Wildman–Crippen MR) is 89.5 cm³/mol. The number of pyridine rings is 1. The van der Waals surface area contributed by atoms with Crippen molar-refractivity contribution in [1.29, 1.82) is 0 Å². The fourth-order valence-corrected chi connectivity index (χ4v) is 2.66. The molecule has 120 valence electrons. The summed E-state index contributed by atoms with van der Waals surface area (Å²) in [5.74, 6) is -0.0668. The lowest BCUT2D eigenvalue weighted by Crippen LogP contribution is -2.36. The molecular weight excluding hydrogens is 290 g/mol. The first kappa shape index (κ1) is 15.5. The Labute approximate surface area is 136 Å². The number of ether oxygens (including phenoxy) is 1. The summed E-state index contributed by atoms with van der Waals surface area (Å²) in [6, 6.07) is 13.7. The van der Waals surface area contributed by atoms with Crippen LogP contribution in [0.2, 0.25) is 0 Å². The van der Waals surface area contributed by atoms with Gasteiger partial charge < -0.3 is 14.5 Å². The third kappa shape index (κ3) is 3.87. The molecule has 2 aromatic rings. The Morgan fingerprint density at radius 1 is 1.17 bits per heavy atom. The molecule has 0 N–H and O–H groups in total. The van der Waals surface area contributed by atoms with Gasteiger partial charge in [0.05, 0.1) is 13.2 Å². The van der Waals surface area contributed by atoms with Crippen molar-refractivity contribution < 1.29 is 9.53 Å². The maximum atomic E-state index is 12.3. The maximum Gasteiger partial charge on any atom is 0.272 e. The molecule has 1 amide bonds. The van der Waals surface area contributed by atoms with Crippen molar-refractivity contribution in [2.45, 2.75) is 6.54 Å². The van der Waals surface area contributed by atoms with Crippen LogP contribution >= 0.6 is 0 Å². The Morgan fingerprint density at radius 2 is 1.91 bits per heavy atom. The van der Waals surface area contributed by atoms with Gasteiger partial charge in [0, 0.05) is 38.6 Å². The molecule has 0 unspecified atom stereocenters. The van der Waals surface area contributed by atoms with Crippen molar-refractivity contribution >= 4 is 11.6 Å². The number of hydrogen-bond donors (Lipinski definition) is 0. The third-order valence-electron chi connectivity index (χ3n) is 3.96. The lowest BCUT2D eigenvalue weighted by atomic mass is 10.1. The zero-order valence-electron chi connectivity index (χ0n) is 13.3. The lowest BCUT2D eigenvalue weighted by Gasteiger charge is -2.29. The Morgan fingerprint density at radius 3 is 2.57 bits per heavy atom. The number of morpholine rings is 1. The summed E-state index contributed by atoms with van der Waals surface area (Å²) in [5, 5.41) is 0. The van der Waals surface area contributed by atoms with E-state index in [1.54, 1.807) is 30.3 Å². The lowest BCUT2D eigenvalue weighted by molar-refractivity contribution is 0.0779. The van der Waals surface area contributed by atoms with Crippen LogP contribution < -0.4 is 4.90 Å². The van der Waals surface area contributed by atoms with Crippen LogP contribution in [0, 0.1) is 0 Å². The van der Waals surface area contributed by atoms with Gasteiger partial charge in [-0.25, -0.2) is 0 Å². The molecule has 0 spiro atoms. The highest BCUT2D eigenvalue weighted by molar-refractivity contribution is 5.91. The van der Waals surface area contributed by atoms with E-state index in [2.05, 4.69) is 34.1 Å². The minimum Gasteiger partial charge on any atom is -0.378 e. The maximum absolute atomic E-state index is 12.3. The number of aromatic nitrogens is 1. The second kappa shape index (κ2) is 7.24. The average molecular weight is 311 g/mol. The number of nitrogens with zero attached hydrogens (tertiary/aromatic N) is 3. The number of anilines is 1. The highest BCUT2D eigenvalue weighted by Crippen LogP contribution is 2.17. The summed E-state index contributed by atoms with van der Waals surface area (Å²) < 4.78 is 5.37. The number of carbonyl (C=O) groups is 1. The zero-order chi connectivity index (χ0) is 16.1. The van der Waals surface area contributed by atoms with Gasteiger partial charge in [0.25, 0.3) is 5.91 Å². The van der Waals surface area contributed by atoms with Crippen LogP contribution in [0.3, 0.4) is 0 Å². The van der Waals surface area contributed by atoms with Gasteiger partial charge in [0.2, 0.25) is 0 Å². The number of hydrogen-bond acceptors (Lipinski definition) is 4. The van der Waals surface area contributed by atoms with E-state index >= 15 is 0 Å².